The van der Waals surface area contributed by atoms with Gasteiger partial charge in [0.1, 0.15) is 6.33 Å². The van der Waals surface area contributed by atoms with Crippen LogP contribution in [0, 0.1) is 0 Å². The summed E-state index contributed by atoms with van der Waals surface area (Å²) in [5.74, 6) is 0. The second-order valence-electron chi connectivity index (χ2n) is 5.71. The zero-order valence-electron chi connectivity index (χ0n) is 13.7. The first kappa shape index (κ1) is 16.2. The molecule has 0 fully saturated rings. The van der Waals surface area contributed by atoms with Gasteiger partial charge in [-0.15, -0.1) is 0 Å². The molecule has 1 N–H and O–H groups in total. The number of rotatable bonds is 4. The molecule has 1 aromatic carbocycles. The topological polar surface area (TPSA) is 102 Å². The Balaban J connectivity index is 1.80. The molecule has 0 spiro atoms. The molecule has 26 heavy (non-hydrogen) atoms. The molecule has 0 unspecified atom stereocenters. The Morgan fingerprint density at radius 3 is 2.58 bits per heavy atom. The second kappa shape index (κ2) is 6.19. The highest BCUT2D eigenvalue weighted by molar-refractivity contribution is 7.92. The molecule has 130 valence electrons. The van der Waals surface area contributed by atoms with Crippen LogP contribution in [0.2, 0.25) is 0 Å². The minimum atomic E-state index is -3.34. The van der Waals surface area contributed by atoms with Gasteiger partial charge in [-0.2, -0.15) is 5.10 Å². The lowest BCUT2D eigenvalue weighted by molar-refractivity contribution is 0.607. The van der Waals surface area contributed by atoms with Crippen molar-refractivity contribution in [1.29, 1.82) is 0 Å². The summed E-state index contributed by atoms with van der Waals surface area (Å²) in [6.07, 6.45) is 7.69. The molecule has 0 radical (unpaired) electrons. The van der Waals surface area contributed by atoms with Gasteiger partial charge in [-0.05, 0) is 24.3 Å². The molecule has 4 rings (SSSR count). The van der Waals surface area contributed by atoms with Crippen LogP contribution in [0.25, 0.3) is 28.2 Å². The lowest BCUT2D eigenvalue weighted by Crippen LogP contribution is -2.09. The standard InChI is InChI=1S/C17H14N6O2S/c1-26(24,25)22-14-4-2-3-12(7-14)15-5-6-17-20-10-16(23(17)21-15)13-8-18-11-19-9-13/h2-11,22H,1H3. The van der Waals surface area contributed by atoms with Gasteiger partial charge >= 0.3 is 0 Å². The van der Waals surface area contributed by atoms with Crippen LogP contribution >= 0.6 is 0 Å². The van der Waals surface area contributed by atoms with Crippen molar-refractivity contribution >= 4 is 21.4 Å². The number of hydrogen-bond donors (Lipinski definition) is 1. The summed E-state index contributed by atoms with van der Waals surface area (Å²) >= 11 is 0. The number of nitrogens with zero attached hydrogens (tertiary/aromatic N) is 5. The van der Waals surface area contributed by atoms with Crippen molar-refractivity contribution in [3.63, 3.8) is 0 Å². The largest absolute Gasteiger partial charge is 0.284 e. The van der Waals surface area contributed by atoms with Crippen molar-refractivity contribution in [3.05, 3.63) is 61.3 Å². The van der Waals surface area contributed by atoms with Crippen LogP contribution in [-0.4, -0.2) is 39.2 Å². The fraction of sp³-hybridized carbons (Fsp3) is 0.0588. The van der Waals surface area contributed by atoms with E-state index in [0.717, 1.165) is 23.1 Å². The van der Waals surface area contributed by atoms with Gasteiger partial charge < -0.3 is 0 Å². The van der Waals surface area contributed by atoms with E-state index in [0.29, 0.717) is 17.0 Å². The summed E-state index contributed by atoms with van der Waals surface area (Å²) in [7, 11) is -3.34. The molecule has 0 saturated carbocycles. The molecule has 9 heteroatoms. The predicted molar refractivity (Wildman–Crippen MR) is 97.9 cm³/mol. The van der Waals surface area contributed by atoms with E-state index in [2.05, 4.69) is 24.8 Å². The normalized spacial score (nSPS) is 11.6. The molecule has 0 bridgehead atoms. The third-order valence-electron chi connectivity index (χ3n) is 3.68. The Morgan fingerprint density at radius 2 is 1.81 bits per heavy atom. The van der Waals surface area contributed by atoms with Gasteiger partial charge in [0.15, 0.2) is 5.65 Å². The van der Waals surface area contributed by atoms with Gasteiger partial charge in [-0.25, -0.2) is 27.9 Å². The fourth-order valence-corrected chi connectivity index (χ4v) is 3.17. The van der Waals surface area contributed by atoms with Gasteiger partial charge in [-0.3, -0.25) is 4.72 Å². The maximum absolute atomic E-state index is 11.4. The molecule has 3 heterocycles. The lowest BCUT2D eigenvalue weighted by Gasteiger charge is -2.07. The summed E-state index contributed by atoms with van der Waals surface area (Å²) in [6, 6.07) is 10.8. The van der Waals surface area contributed by atoms with Gasteiger partial charge in [0.05, 0.1) is 23.8 Å². The first-order valence-corrected chi connectivity index (χ1v) is 9.57. The Morgan fingerprint density at radius 1 is 1.00 bits per heavy atom. The average Bonchev–Trinajstić information content (AvgIpc) is 3.04. The molecule has 0 aliphatic carbocycles. The van der Waals surface area contributed by atoms with Crippen LogP contribution < -0.4 is 4.72 Å². The molecular weight excluding hydrogens is 352 g/mol. The maximum Gasteiger partial charge on any atom is 0.229 e. The van der Waals surface area contributed by atoms with E-state index in [1.54, 1.807) is 41.3 Å². The minimum absolute atomic E-state index is 0.481. The molecule has 8 nitrogen and oxygen atoms in total. The zero-order valence-corrected chi connectivity index (χ0v) is 14.6. The molecule has 3 aromatic heterocycles. The van der Waals surface area contributed by atoms with Gasteiger partial charge in [-0.1, -0.05) is 12.1 Å². The number of aromatic nitrogens is 5. The minimum Gasteiger partial charge on any atom is -0.284 e. The molecular formula is C17H14N6O2S. The van der Waals surface area contributed by atoms with Gasteiger partial charge in [0.2, 0.25) is 10.0 Å². The smallest absolute Gasteiger partial charge is 0.229 e. The molecule has 0 amide bonds. The van der Waals surface area contributed by atoms with E-state index in [1.165, 1.54) is 6.33 Å². The van der Waals surface area contributed by atoms with Gasteiger partial charge in [0.25, 0.3) is 0 Å². The number of sulfonamides is 1. The molecule has 0 atom stereocenters. The highest BCUT2D eigenvalue weighted by Crippen LogP contribution is 2.24. The van der Waals surface area contributed by atoms with Crippen LogP contribution in [0.1, 0.15) is 0 Å². The van der Waals surface area contributed by atoms with Crippen LogP contribution in [0.5, 0.6) is 0 Å². The Bertz CT molecular complexity index is 1190. The van der Waals surface area contributed by atoms with Crippen molar-refractivity contribution in [2.75, 3.05) is 11.0 Å². The number of fused-ring (bicyclic) bond motifs is 1. The monoisotopic (exact) mass is 366 g/mol. The van der Waals surface area contributed by atoms with Gasteiger partial charge in [0, 0.05) is 29.2 Å². The van der Waals surface area contributed by atoms with E-state index in [1.807, 2.05) is 18.2 Å². The molecule has 0 aliphatic heterocycles. The molecule has 0 aliphatic rings. The SMILES string of the molecule is CS(=O)(=O)Nc1cccc(-c2ccc3ncc(-c4cncnc4)n3n2)c1. The van der Waals surface area contributed by atoms with Crippen LogP contribution in [0.3, 0.4) is 0 Å². The summed E-state index contributed by atoms with van der Waals surface area (Å²) in [5.41, 5.74) is 4.22. The van der Waals surface area contributed by atoms with Crippen LogP contribution in [-0.2, 0) is 10.0 Å². The first-order valence-electron chi connectivity index (χ1n) is 7.68. The van der Waals surface area contributed by atoms with Crippen molar-refractivity contribution in [3.8, 4) is 22.5 Å². The van der Waals surface area contributed by atoms with Crippen molar-refractivity contribution < 1.29 is 8.42 Å². The van der Waals surface area contributed by atoms with E-state index in [-0.39, 0.29) is 0 Å². The number of benzene rings is 1. The zero-order chi connectivity index (χ0) is 18.1. The Labute approximate surface area is 149 Å². The maximum atomic E-state index is 11.4. The average molecular weight is 366 g/mol. The fourth-order valence-electron chi connectivity index (χ4n) is 2.61. The first-order chi connectivity index (χ1) is 12.5. The van der Waals surface area contributed by atoms with E-state index >= 15 is 0 Å². The predicted octanol–water partition coefficient (Wildman–Crippen LogP) is 2.22. The van der Waals surface area contributed by atoms with Crippen molar-refractivity contribution in [2.24, 2.45) is 0 Å². The Hall–Kier alpha value is -3.33. The summed E-state index contributed by atoms with van der Waals surface area (Å²) < 4.78 is 27.1. The van der Waals surface area contributed by atoms with E-state index in [4.69, 9.17) is 0 Å². The van der Waals surface area contributed by atoms with Crippen LogP contribution in [0.15, 0.2) is 61.3 Å². The highest BCUT2D eigenvalue weighted by atomic mass is 32.2. The van der Waals surface area contributed by atoms with Crippen molar-refractivity contribution in [2.45, 2.75) is 0 Å². The molecule has 4 aromatic rings. The lowest BCUT2D eigenvalue weighted by atomic mass is 10.1. The summed E-state index contributed by atoms with van der Waals surface area (Å²) in [4.78, 5) is 12.4. The van der Waals surface area contributed by atoms with E-state index < -0.39 is 10.0 Å². The van der Waals surface area contributed by atoms with E-state index in [9.17, 15) is 8.42 Å². The second-order valence-corrected chi connectivity index (χ2v) is 7.46. The Kier molecular flexibility index (Phi) is 3.85. The number of imidazole rings is 1. The van der Waals surface area contributed by atoms with Crippen molar-refractivity contribution in [1.82, 2.24) is 24.6 Å². The number of anilines is 1. The molecule has 0 saturated heterocycles. The summed E-state index contributed by atoms with van der Waals surface area (Å²) in [5, 5.41) is 4.64. The number of hydrogen-bond acceptors (Lipinski definition) is 6. The third kappa shape index (κ3) is 3.24. The summed E-state index contributed by atoms with van der Waals surface area (Å²) in [6.45, 7) is 0. The highest BCUT2D eigenvalue weighted by Gasteiger charge is 2.10. The number of nitrogens with one attached hydrogen (secondary N) is 1. The third-order valence-corrected chi connectivity index (χ3v) is 4.29. The van der Waals surface area contributed by atoms with Crippen LogP contribution in [0.4, 0.5) is 5.69 Å². The quantitative estimate of drug-likeness (QED) is 0.594.